The Morgan fingerprint density at radius 3 is 2.59 bits per heavy atom. The highest BCUT2D eigenvalue weighted by molar-refractivity contribution is 6.41. The van der Waals surface area contributed by atoms with Crippen LogP contribution < -0.4 is 10.9 Å². The van der Waals surface area contributed by atoms with Crippen molar-refractivity contribution in [3.05, 3.63) is 60.4 Å². The zero-order valence-electron chi connectivity index (χ0n) is 10.9. The third-order valence-electron chi connectivity index (χ3n) is 2.73. The number of halogens is 4. The molecule has 5 nitrogen and oxygen atoms in total. The van der Waals surface area contributed by atoms with Crippen LogP contribution in [0.4, 0.5) is 0 Å². The Kier molecular flexibility index (Phi) is 5.69. The Bertz CT molecular complexity index is 776. The van der Waals surface area contributed by atoms with Gasteiger partial charge in [0, 0.05) is 16.6 Å². The number of hydrogen-bond acceptors (Lipinski definition) is 3. The Labute approximate surface area is 145 Å². The average molecular weight is 381 g/mol. The Balaban J connectivity index is 2.02. The van der Waals surface area contributed by atoms with Crippen molar-refractivity contribution < 1.29 is 4.79 Å². The molecule has 0 fully saturated rings. The zero-order chi connectivity index (χ0) is 16.3. The predicted molar refractivity (Wildman–Crippen MR) is 86.8 cm³/mol. The molecule has 0 radical (unpaired) electrons. The number of nitrogens with one attached hydrogen (secondary N) is 1. The van der Waals surface area contributed by atoms with Crippen molar-refractivity contribution >= 4 is 52.3 Å². The van der Waals surface area contributed by atoms with Crippen LogP contribution in [-0.4, -0.2) is 15.7 Å². The molecule has 2 rings (SSSR count). The Hall–Kier alpha value is -1.27. The van der Waals surface area contributed by atoms with Crippen LogP contribution in [0.15, 0.2) is 29.2 Å². The molecule has 0 bridgehead atoms. The molecule has 1 N–H and O–H groups in total. The molecule has 0 aliphatic carbocycles. The molecule has 22 heavy (non-hydrogen) atoms. The van der Waals surface area contributed by atoms with E-state index in [-0.39, 0.29) is 23.1 Å². The van der Waals surface area contributed by atoms with Gasteiger partial charge in [0.2, 0.25) is 5.91 Å². The maximum atomic E-state index is 11.9. The average Bonchev–Trinajstić information content (AvgIpc) is 2.47. The van der Waals surface area contributed by atoms with Crippen molar-refractivity contribution in [2.45, 2.75) is 13.1 Å². The highest BCUT2D eigenvalue weighted by atomic mass is 35.5. The minimum atomic E-state index is -0.631. The summed E-state index contributed by atoms with van der Waals surface area (Å²) in [4.78, 5) is 23.6. The zero-order valence-corrected chi connectivity index (χ0v) is 14.0. The van der Waals surface area contributed by atoms with Crippen LogP contribution in [0.5, 0.6) is 0 Å². The van der Waals surface area contributed by atoms with Crippen molar-refractivity contribution in [3.63, 3.8) is 0 Å². The Morgan fingerprint density at radius 1 is 1.18 bits per heavy atom. The fraction of sp³-hybridized carbons (Fsp3) is 0.154. The standard InChI is InChI=1S/C13H9Cl4N3O2/c14-8-2-1-7(9(15)3-8)4-18-11(21)6-20-13(22)12(17)10(16)5-19-20/h1-3,5H,4,6H2,(H,18,21). The van der Waals surface area contributed by atoms with Gasteiger partial charge in [-0.15, -0.1) is 0 Å². The van der Waals surface area contributed by atoms with Gasteiger partial charge >= 0.3 is 0 Å². The van der Waals surface area contributed by atoms with Crippen molar-refractivity contribution in [1.82, 2.24) is 15.1 Å². The number of benzene rings is 1. The first-order valence-electron chi connectivity index (χ1n) is 6.00. The van der Waals surface area contributed by atoms with E-state index in [1.165, 1.54) is 6.20 Å². The van der Waals surface area contributed by atoms with Gasteiger partial charge in [0.05, 0.1) is 11.2 Å². The number of aromatic nitrogens is 2. The fourth-order valence-electron chi connectivity index (χ4n) is 1.61. The molecule has 1 heterocycles. The quantitative estimate of drug-likeness (QED) is 0.885. The topological polar surface area (TPSA) is 64.0 Å². The SMILES string of the molecule is O=C(Cn1ncc(Cl)c(Cl)c1=O)NCc1ccc(Cl)cc1Cl. The molecule has 2 aromatic rings. The first-order chi connectivity index (χ1) is 10.4. The molecule has 0 saturated heterocycles. The number of amides is 1. The summed E-state index contributed by atoms with van der Waals surface area (Å²) in [5, 5.41) is 7.18. The smallest absolute Gasteiger partial charge is 0.287 e. The van der Waals surface area contributed by atoms with Crippen LogP contribution in [-0.2, 0) is 17.9 Å². The molecular weight excluding hydrogens is 372 g/mol. The molecule has 0 unspecified atom stereocenters. The normalized spacial score (nSPS) is 10.5. The monoisotopic (exact) mass is 379 g/mol. The molecule has 0 saturated carbocycles. The lowest BCUT2D eigenvalue weighted by molar-refractivity contribution is -0.122. The van der Waals surface area contributed by atoms with Crippen molar-refractivity contribution in [1.29, 1.82) is 0 Å². The molecule has 9 heteroatoms. The summed E-state index contributed by atoms with van der Waals surface area (Å²) in [6, 6.07) is 4.95. The molecule has 116 valence electrons. The summed E-state index contributed by atoms with van der Waals surface area (Å²) < 4.78 is 0.924. The largest absolute Gasteiger partial charge is 0.350 e. The number of carbonyl (C=O) groups is 1. The molecule has 0 spiro atoms. The third-order valence-corrected chi connectivity index (χ3v) is 4.06. The van der Waals surface area contributed by atoms with Crippen LogP contribution in [0.3, 0.4) is 0 Å². The van der Waals surface area contributed by atoms with Crippen LogP contribution in [0.1, 0.15) is 5.56 Å². The fourth-order valence-corrected chi connectivity index (χ4v) is 2.35. The first kappa shape index (κ1) is 17.1. The van der Waals surface area contributed by atoms with Gasteiger partial charge in [0.25, 0.3) is 5.56 Å². The van der Waals surface area contributed by atoms with Gasteiger partial charge in [-0.2, -0.15) is 5.10 Å². The Morgan fingerprint density at radius 2 is 1.91 bits per heavy atom. The van der Waals surface area contributed by atoms with Crippen molar-refractivity contribution in [2.24, 2.45) is 0 Å². The van der Waals surface area contributed by atoms with Crippen LogP contribution >= 0.6 is 46.4 Å². The number of carbonyl (C=O) groups excluding carboxylic acids is 1. The minimum absolute atomic E-state index is 0.0382. The minimum Gasteiger partial charge on any atom is -0.350 e. The molecule has 0 aliphatic heterocycles. The summed E-state index contributed by atoms with van der Waals surface area (Å²) in [7, 11) is 0. The van der Waals surface area contributed by atoms with E-state index < -0.39 is 11.5 Å². The second-order valence-electron chi connectivity index (χ2n) is 4.28. The van der Waals surface area contributed by atoms with Gasteiger partial charge in [-0.3, -0.25) is 9.59 Å². The summed E-state index contributed by atoms with van der Waals surface area (Å²) in [5.41, 5.74) is 0.0719. The molecule has 0 atom stereocenters. The van der Waals surface area contributed by atoms with Crippen LogP contribution in [0, 0.1) is 0 Å². The van der Waals surface area contributed by atoms with E-state index in [9.17, 15) is 9.59 Å². The second-order valence-corrected chi connectivity index (χ2v) is 5.91. The summed E-state index contributed by atoms with van der Waals surface area (Å²) in [5.74, 6) is -0.418. The molecule has 1 amide bonds. The highest BCUT2D eigenvalue weighted by Crippen LogP contribution is 2.20. The van der Waals surface area contributed by atoms with E-state index >= 15 is 0 Å². The molecular formula is C13H9Cl4N3O2. The predicted octanol–water partition coefficient (Wildman–Crippen LogP) is 3.17. The van der Waals surface area contributed by atoms with Crippen molar-refractivity contribution in [3.8, 4) is 0 Å². The van der Waals surface area contributed by atoms with E-state index in [0.29, 0.717) is 15.6 Å². The second kappa shape index (κ2) is 7.33. The van der Waals surface area contributed by atoms with Crippen LogP contribution in [0.2, 0.25) is 20.1 Å². The van der Waals surface area contributed by atoms with Crippen LogP contribution in [0.25, 0.3) is 0 Å². The first-order valence-corrected chi connectivity index (χ1v) is 7.51. The summed E-state index contributed by atoms with van der Waals surface area (Å²) >= 11 is 23.2. The van der Waals surface area contributed by atoms with Gasteiger partial charge < -0.3 is 5.32 Å². The van der Waals surface area contributed by atoms with E-state index in [1.807, 2.05) is 0 Å². The third kappa shape index (κ3) is 4.14. The van der Waals surface area contributed by atoms with E-state index in [0.717, 1.165) is 4.68 Å². The van der Waals surface area contributed by atoms with Gasteiger partial charge in [0.15, 0.2) is 0 Å². The highest BCUT2D eigenvalue weighted by Gasteiger charge is 2.11. The van der Waals surface area contributed by atoms with E-state index in [1.54, 1.807) is 18.2 Å². The molecule has 0 aliphatic rings. The lowest BCUT2D eigenvalue weighted by Crippen LogP contribution is -2.33. The van der Waals surface area contributed by atoms with Gasteiger partial charge in [-0.05, 0) is 17.7 Å². The maximum absolute atomic E-state index is 11.9. The lowest BCUT2D eigenvalue weighted by Gasteiger charge is -2.08. The number of nitrogens with zero attached hydrogens (tertiary/aromatic N) is 2. The van der Waals surface area contributed by atoms with Gasteiger partial charge in [0.1, 0.15) is 11.6 Å². The molecule has 1 aromatic carbocycles. The number of rotatable bonds is 4. The summed E-state index contributed by atoms with van der Waals surface area (Å²) in [6.07, 6.45) is 1.20. The summed E-state index contributed by atoms with van der Waals surface area (Å²) in [6.45, 7) is -0.0775. The van der Waals surface area contributed by atoms with E-state index in [2.05, 4.69) is 10.4 Å². The van der Waals surface area contributed by atoms with Gasteiger partial charge in [-0.1, -0.05) is 52.5 Å². The van der Waals surface area contributed by atoms with Crippen molar-refractivity contribution in [2.75, 3.05) is 0 Å². The number of hydrogen-bond donors (Lipinski definition) is 1. The lowest BCUT2D eigenvalue weighted by atomic mass is 10.2. The maximum Gasteiger partial charge on any atom is 0.287 e. The molecule has 1 aromatic heterocycles. The van der Waals surface area contributed by atoms with E-state index in [4.69, 9.17) is 46.4 Å². The van der Waals surface area contributed by atoms with Gasteiger partial charge in [-0.25, -0.2) is 4.68 Å².